The first kappa shape index (κ1) is 10.2. The number of benzene rings is 1. The molecule has 0 aliphatic rings. The summed E-state index contributed by atoms with van der Waals surface area (Å²) in [5.74, 6) is 0. The summed E-state index contributed by atoms with van der Waals surface area (Å²) in [6, 6.07) is 10.8. The van der Waals surface area contributed by atoms with E-state index in [9.17, 15) is 0 Å². The second-order valence-corrected chi connectivity index (χ2v) is 3.03. The summed E-state index contributed by atoms with van der Waals surface area (Å²) >= 11 is 0. The molecule has 13 heavy (non-hydrogen) atoms. The summed E-state index contributed by atoms with van der Waals surface area (Å²) in [6.45, 7) is 0.792. The largest absolute Gasteiger partial charge is 0.385 e. The topological polar surface area (TPSA) is 21.3 Å². The predicted octanol–water partition coefficient (Wildman–Crippen LogP) is 1.98. The highest BCUT2D eigenvalue weighted by Gasteiger charge is 2.06. The quantitative estimate of drug-likeness (QED) is 0.746. The lowest BCUT2D eigenvalue weighted by atomic mass is 10.0. The van der Waals surface area contributed by atoms with Gasteiger partial charge in [0.15, 0.2) is 0 Å². The Hall–Kier alpha value is -0.860. The Labute approximate surface area is 79.9 Å². The van der Waals surface area contributed by atoms with E-state index in [0.29, 0.717) is 6.04 Å². The molecule has 0 spiro atoms. The maximum absolute atomic E-state index is 5.06. The molecule has 0 unspecified atom stereocenters. The van der Waals surface area contributed by atoms with Crippen molar-refractivity contribution < 1.29 is 4.74 Å². The molecule has 0 aromatic heterocycles. The minimum absolute atomic E-state index is 0.404. The van der Waals surface area contributed by atoms with Gasteiger partial charge in [0.2, 0.25) is 0 Å². The maximum atomic E-state index is 5.06. The van der Waals surface area contributed by atoms with Gasteiger partial charge in [0.1, 0.15) is 0 Å². The van der Waals surface area contributed by atoms with Crippen LogP contribution < -0.4 is 5.32 Å². The molecule has 72 valence electrons. The zero-order chi connectivity index (χ0) is 9.52. The SMILES string of the molecule is CN[C@H](CCOC)c1ccccc1. The van der Waals surface area contributed by atoms with Gasteiger partial charge in [-0.25, -0.2) is 0 Å². The molecular formula is C11H17NO. The lowest BCUT2D eigenvalue weighted by Gasteiger charge is -2.15. The van der Waals surface area contributed by atoms with Crippen molar-refractivity contribution in [2.45, 2.75) is 12.5 Å². The van der Waals surface area contributed by atoms with E-state index in [4.69, 9.17) is 4.74 Å². The first-order chi connectivity index (χ1) is 6.38. The number of rotatable bonds is 5. The van der Waals surface area contributed by atoms with Crippen molar-refractivity contribution in [3.05, 3.63) is 35.9 Å². The van der Waals surface area contributed by atoms with Crippen molar-refractivity contribution >= 4 is 0 Å². The smallest absolute Gasteiger partial charge is 0.0480 e. The van der Waals surface area contributed by atoms with E-state index in [1.54, 1.807) is 7.11 Å². The summed E-state index contributed by atoms with van der Waals surface area (Å²) in [7, 11) is 3.71. The molecule has 2 heteroatoms. The highest BCUT2D eigenvalue weighted by Crippen LogP contribution is 2.15. The van der Waals surface area contributed by atoms with Crippen LogP contribution in [0.25, 0.3) is 0 Å². The minimum Gasteiger partial charge on any atom is -0.385 e. The van der Waals surface area contributed by atoms with Crippen LogP contribution in [0.3, 0.4) is 0 Å². The van der Waals surface area contributed by atoms with E-state index in [2.05, 4.69) is 29.6 Å². The van der Waals surface area contributed by atoms with Crippen LogP contribution in [0.15, 0.2) is 30.3 Å². The highest BCUT2D eigenvalue weighted by molar-refractivity contribution is 5.18. The van der Waals surface area contributed by atoms with Gasteiger partial charge in [-0.1, -0.05) is 30.3 Å². The lowest BCUT2D eigenvalue weighted by Crippen LogP contribution is -2.17. The molecule has 1 aromatic rings. The normalized spacial score (nSPS) is 12.8. The molecule has 1 atom stereocenters. The average molecular weight is 179 g/mol. The summed E-state index contributed by atoms with van der Waals surface area (Å²) in [5, 5.41) is 3.27. The van der Waals surface area contributed by atoms with Crippen molar-refractivity contribution in [1.82, 2.24) is 5.32 Å². The maximum Gasteiger partial charge on any atom is 0.0480 e. The Morgan fingerprint density at radius 1 is 1.31 bits per heavy atom. The molecule has 0 fully saturated rings. The van der Waals surface area contributed by atoms with E-state index in [1.165, 1.54) is 5.56 Å². The summed E-state index contributed by atoms with van der Waals surface area (Å²) < 4.78 is 5.06. The van der Waals surface area contributed by atoms with Crippen LogP contribution in [0.5, 0.6) is 0 Å². The summed E-state index contributed by atoms with van der Waals surface area (Å²) in [5.41, 5.74) is 1.32. The van der Waals surface area contributed by atoms with E-state index in [1.807, 2.05) is 13.1 Å². The van der Waals surface area contributed by atoms with Crippen molar-refractivity contribution in [2.24, 2.45) is 0 Å². The Balaban J connectivity index is 2.56. The van der Waals surface area contributed by atoms with Crippen LogP contribution in [0, 0.1) is 0 Å². The number of ether oxygens (including phenoxy) is 1. The van der Waals surface area contributed by atoms with Gasteiger partial charge in [0.25, 0.3) is 0 Å². The molecule has 1 rings (SSSR count). The average Bonchev–Trinajstić information content (AvgIpc) is 2.21. The van der Waals surface area contributed by atoms with Gasteiger partial charge in [-0.2, -0.15) is 0 Å². The minimum atomic E-state index is 0.404. The summed E-state index contributed by atoms with van der Waals surface area (Å²) in [6.07, 6.45) is 1.01. The Morgan fingerprint density at radius 2 is 2.00 bits per heavy atom. The van der Waals surface area contributed by atoms with Crippen LogP contribution in [-0.2, 0) is 4.74 Å². The monoisotopic (exact) mass is 179 g/mol. The molecule has 0 aliphatic carbocycles. The molecule has 0 saturated carbocycles. The van der Waals surface area contributed by atoms with Crippen molar-refractivity contribution in [3.63, 3.8) is 0 Å². The molecule has 0 heterocycles. The Morgan fingerprint density at radius 3 is 2.54 bits per heavy atom. The number of methoxy groups -OCH3 is 1. The molecular weight excluding hydrogens is 162 g/mol. The molecule has 0 saturated heterocycles. The van der Waals surface area contributed by atoms with Crippen LogP contribution in [0.2, 0.25) is 0 Å². The van der Waals surface area contributed by atoms with Crippen molar-refractivity contribution in [2.75, 3.05) is 20.8 Å². The Bertz CT molecular complexity index is 223. The first-order valence-electron chi connectivity index (χ1n) is 4.59. The molecule has 2 nitrogen and oxygen atoms in total. The predicted molar refractivity (Wildman–Crippen MR) is 54.7 cm³/mol. The van der Waals surface area contributed by atoms with Gasteiger partial charge in [0, 0.05) is 19.8 Å². The van der Waals surface area contributed by atoms with Crippen molar-refractivity contribution in [3.8, 4) is 0 Å². The van der Waals surface area contributed by atoms with E-state index < -0.39 is 0 Å². The van der Waals surface area contributed by atoms with Gasteiger partial charge in [-0.05, 0) is 19.0 Å². The fourth-order valence-corrected chi connectivity index (χ4v) is 1.40. The second kappa shape index (κ2) is 5.73. The molecule has 1 aromatic carbocycles. The van der Waals surface area contributed by atoms with Gasteiger partial charge in [-0.3, -0.25) is 0 Å². The van der Waals surface area contributed by atoms with Gasteiger partial charge in [-0.15, -0.1) is 0 Å². The standard InChI is InChI=1S/C11H17NO/c1-12-11(8-9-13-2)10-6-4-3-5-7-10/h3-7,11-12H,8-9H2,1-2H3/t11-/m1/s1. The van der Waals surface area contributed by atoms with Crippen LogP contribution in [0.4, 0.5) is 0 Å². The van der Waals surface area contributed by atoms with Gasteiger partial charge < -0.3 is 10.1 Å². The molecule has 0 bridgehead atoms. The third-order valence-electron chi connectivity index (χ3n) is 2.16. The Kier molecular flexibility index (Phi) is 4.50. The third kappa shape index (κ3) is 3.17. The van der Waals surface area contributed by atoms with Gasteiger partial charge >= 0.3 is 0 Å². The number of nitrogens with one attached hydrogen (secondary N) is 1. The number of hydrogen-bond donors (Lipinski definition) is 1. The van der Waals surface area contributed by atoms with Crippen LogP contribution in [-0.4, -0.2) is 20.8 Å². The fraction of sp³-hybridized carbons (Fsp3) is 0.455. The first-order valence-corrected chi connectivity index (χ1v) is 4.59. The zero-order valence-electron chi connectivity index (χ0n) is 8.29. The molecule has 0 radical (unpaired) electrons. The number of hydrogen-bond acceptors (Lipinski definition) is 2. The van der Waals surface area contributed by atoms with E-state index >= 15 is 0 Å². The lowest BCUT2D eigenvalue weighted by molar-refractivity contribution is 0.184. The van der Waals surface area contributed by atoms with Crippen molar-refractivity contribution in [1.29, 1.82) is 0 Å². The summed E-state index contributed by atoms with van der Waals surface area (Å²) in [4.78, 5) is 0. The third-order valence-corrected chi connectivity index (χ3v) is 2.16. The van der Waals surface area contributed by atoms with E-state index in [0.717, 1.165) is 13.0 Å². The molecule has 0 aliphatic heterocycles. The van der Waals surface area contributed by atoms with Gasteiger partial charge in [0.05, 0.1) is 0 Å². The van der Waals surface area contributed by atoms with Crippen LogP contribution in [0.1, 0.15) is 18.0 Å². The van der Waals surface area contributed by atoms with E-state index in [-0.39, 0.29) is 0 Å². The highest BCUT2D eigenvalue weighted by atomic mass is 16.5. The van der Waals surface area contributed by atoms with Crippen LogP contribution >= 0.6 is 0 Å². The zero-order valence-corrected chi connectivity index (χ0v) is 8.29. The molecule has 1 N–H and O–H groups in total. The molecule has 0 amide bonds. The fourth-order valence-electron chi connectivity index (χ4n) is 1.40. The second-order valence-electron chi connectivity index (χ2n) is 3.03.